The van der Waals surface area contributed by atoms with Gasteiger partial charge in [0, 0.05) is 12.6 Å². The highest BCUT2D eigenvalue weighted by Crippen LogP contribution is 2.04. The second-order valence-corrected chi connectivity index (χ2v) is 4.28. The second kappa shape index (κ2) is 4.01. The second-order valence-electron chi connectivity index (χ2n) is 2.59. The first-order chi connectivity index (χ1) is 4.88. The molecule has 68 valence electrons. The van der Waals surface area contributed by atoms with Gasteiger partial charge in [0.2, 0.25) is 0 Å². The van der Waals surface area contributed by atoms with Crippen molar-refractivity contribution in [2.75, 3.05) is 6.54 Å². The van der Waals surface area contributed by atoms with Crippen LogP contribution in [0, 0.1) is 0 Å². The first-order valence-electron chi connectivity index (χ1n) is 3.30. The fourth-order valence-corrected chi connectivity index (χ4v) is 1.54. The fraction of sp³-hybridized carbons (Fsp3) is 1.00. The maximum atomic E-state index is 10.5. The summed E-state index contributed by atoms with van der Waals surface area (Å²) in [7, 11) is -4.02. The van der Waals surface area contributed by atoms with Gasteiger partial charge in [-0.25, -0.2) is 0 Å². The van der Waals surface area contributed by atoms with Gasteiger partial charge in [-0.05, 0) is 13.3 Å². The van der Waals surface area contributed by atoms with Gasteiger partial charge < -0.3 is 11.5 Å². The van der Waals surface area contributed by atoms with E-state index in [1.54, 1.807) is 6.92 Å². The molecule has 2 atom stereocenters. The smallest absolute Gasteiger partial charge is 0.269 e. The van der Waals surface area contributed by atoms with Crippen LogP contribution in [-0.4, -0.2) is 30.8 Å². The third-order valence-electron chi connectivity index (χ3n) is 1.32. The van der Waals surface area contributed by atoms with Crippen molar-refractivity contribution in [1.82, 2.24) is 0 Å². The molecule has 0 fully saturated rings. The van der Waals surface area contributed by atoms with E-state index in [0.717, 1.165) is 0 Å². The molecule has 0 aromatic carbocycles. The van der Waals surface area contributed by atoms with Crippen molar-refractivity contribution < 1.29 is 13.0 Å². The molecule has 0 amide bonds. The van der Waals surface area contributed by atoms with Crippen molar-refractivity contribution in [3.8, 4) is 0 Å². The molecule has 5 nitrogen and oxygen atoms in total. The Kier molecular flexibility index (Phi) is 3.95. The third kappa shape index (κ3) is 4.31. The lowest BCUT2D eigenvalue weighted by atomic mass is 10.2. The largest absolute Gasteiger partial charge is 0.329 e. The van der Waals surface area contributed by atoms with Crippen LogP contribution in [0.2, 0.25) is 0 Å². The summed E-state index contributed by atoms with van der Waals surface area (Å²) in [6, 6.07) is -0.273. The molecule has 0 saturated carbocycles. The van der Waals surface area contributed by atoms with E-state index in [0.29, 0.717) is 0 Å². The maximum Gasteiger partial charge on any atom is 0.269 e. The lowest BCUT2D eigenvalue weighted by Gasteiger charge is -2.12. The van der Waals surface area contributed by atoms with Crippen LogP contribution in [0.25, 0.3) is 0 Å². The molecule has 0 bridgehead atoms. The van der Waals surface area contributed by atoms with Crippen LogP contribution in [0.5, 0.6) is 0 Å². The number of hydrogen-bond acceptors (Lipinski definition) is 4. The lowest BCUT2D eigenvalue weighted by molar-refractivity contribution is 0.456. The number of hydrogen-bond donors (Lipinski definition) is 3. The standard InChI is InChI=1S/C5H14N2O3S/c1-4(7)2-5(3-6)11(8,9)10/h4-5H,2-3,6-7H2,1H3,(H,8,9,10). The van der Waals surface area contributed by atoms with E-state index in [9.17, 15) is 8.42 Å². The van der Waals surface area contributed by atoms with Crippen molar-refractivity contribution in [2.24, 2.45) is 11.5 Å². The van der Waals surface area contributed by atoms with Gasteiger partial charge >= 0.3 is 0 Å². The molecule has 5 N–H and O–H groups in total. The highest BCUT2D eigenvalue weighted by atomic mass is 32.2. The van der Waals surface area contributed by atoms with Gasteiger partial charge in [0.05, 0.1) is 0 Å². The Labute approximate surface area is 66.5 Å². The van der Waals surface area contributed by atoms with Crippen LogP contribution < -0.4 is 11.5 Å². The maximum absolute atomic E-state index is 10.5. The normalized spacial score (nSPS) is 17.8. The Morgan fingerprint density at radius 2 is 2.00 bits per heavy atom. The van der Waals surface area contributed by atoms with Crippen molar-refractivity contribution >= 4 is 10.1 Å². The van der Waals surface area contributed by atoms with Crippen molar-refractivity contribution in [1.29, 1.82) is 0 Å². The van der Waals surface area contributed by atoms with E-state index >= 15 is 0 Å². The zero-order chi connectivity index (χ0) is 9.07. The average Bonchev–Trinajstić information content (AvgIpc) is 1.79. The summed E-state index contributed by atoms with van der Waals surface area (Å²) in [6.45, 7) is 1.56. The van der Waals surface area contributed by atoms with Gasteiger partial charge in [-0.3, -0.25) is 4.55 Å². The molecule has 0 aromatic rings. The zero-order valence-electron chi connectivity index (χ0n) is 6.40. The van der Waals surface area contributed by atoms with Crippen LogP contribution in [0.4, 0.5) is 0 Å². The van der Waals surface area contributed by atoms with Gasteiger partial charge in [-0.15, -0.1) is 0 Å². The van der Waals surface area contributed by atoms with E-state index in [-0.39, 0.29) is 19.0 Å². The highest BCUT2D eigenvalue weighted by Gasteiger charge is 2.21. The predicted molar refractivity (Wildman–Crippen MR) is 42.7 cm³/mol. The van der Waals surface area contributed by atoms with Crippen LogP contribution >= 0.6 is 0 Å². The third-order valence-corrected chi connectivity index (χ3v) is 2.55. The van der Waals surface area contributed by atoms with Gasteiger partial charge in [-0.2, -0.15) is 8.42 Å². The zero-order valence-corrected chi connectivity index (χ0v) is 7.21. The Morgan fingerprint density at radius 1 is 1.55 bits per heavy atom. The van der Waals surface area contributed by atoms with Crippen molar-refractivity contribution in [2.45, 2.75) is 24.6 Å². The minimum absolute atomic E-state index is 0.0969. The van der Waals surface area contributed by atoms with Gasteiger partial charge in [0.1, 0.15) is 5.25 Å². The van der Waals surface area contributed by atoms with E-state index in [4.69, 9.17) is 16.0 Å². The molecule has 0 aliphatic carbocycles. The molecule has 2 unspecified atom stereocenters. The van der Waals surface area contributed by atoms with Crippen LogP contribution in [0.1, 0.15) is 13.3 Å². The first kappa shape index (κ1) is 10.8. The summed E-state index contributed by atoms with van der Waals surface area (Å²) in [6.07, 6.45) is 0.190. The SMILES string of the molecule is CC(N)CC(CN)S(=O)(=O)O. The number of nitrogens with two attached hydrogens (primary N) is 2. The molecule has 0 aliphatic heterocycles. The van der Waals surface area contributed by atoms with E-state index in [1.807, 2.05) is 0 Å². The summed E-state index contributed by atoms with van der Waals surface area (Å²) in [5.41, 5.74) is 10.4. The quantitative estimate of drug-likeness (QED) is 0.480. The highest BCUT2D eigenvalue weighted by molar-refractivity contribution is 7.86. The van der Waals surface area contributed by atoms with E-state index in [2.05, 4.69) is 0 Å². The van der Waals surface area contributed by atoms with Crippen LogP contribution in [-0.2, 0) is 10.1 Å². The molecule has 0 aliphatic rings. The molecule has 0 saturated heterocycles. The molecule has 0 spiro atoms. The van der Waals surface area contributed by atoms with Crippen LogP contribution in [0.15, 0.2) is 0 Å². The summed E-state index contributed by atoms with van der Waals surface area (Å²) >= 11 is 0. The number of rotatable bonds is 4. The fourth-order valence-electron chi connectivity index (χ4n) is 0.754. The van der Waals surface area contributed by atoms with E-state index in [1.165, 1.54) is 0 Å². The lowest BCUT2D eigenvalue weighted by Crippen LogP contribution is -2.34. The Balaban J connectivity index is 4.20. The Bertz CT molecular complexity index is 200. The molecule has 0 rings (SSSR count). The summed E-state index contributed by atoms with van der Waals surface area (Å²) < 4.78 is 29.6. The molecule has 0 radical (unpaired) electrons. The van der Waals surface area contributed by atoms with Gasteiger partial charge in [0.25, 0.3) is 10.1 Å². The minimum atomic E-state index is -4.02. The van der Waals surface area contributed by atoms with Crippen LogP contribution in [0.3, 0.4) is 0 Å². The molecule has 6 heteroatoms. The topological polar surface area (TPSA) is 106 Å². The van der Waals surface area contributed by atoms with Crippen molar-refractivity contribution in [3.05, 3.63) is 0 Å². The monoisotopic (exact) mass is 182 g/mol. The average molecular weight is 182 g/mol. The molecular weight excluding hydrogens is 168 g/mol. The van der Waals surface area contributed by atoms with Gasteiger partial charge in [-0.1, -0.05) is 0 Å². The molecule has 0 heterocycles. The predicted octanol–water partition coefficient (Wildman–Crippen LogP) is -1.06. The van der Waals surface area contributed by atoms with E-state index < -0.39 is 15.4 Å². The Morgan fingerprint density at radius 3 is 2.09 bits per heavy atom. The molecular formula is C5H14N2O3S. The summed E-state index contributed by atoms with van der Waals surface area (Å²) in [4.78, 5) is 0. The first-order valence-corrected chi connectivity index (χ1v) is 4.80. The van der Waals surface area contributed by atoms with Crippen molar-refractivity contribution in [3.63, 3.8) is 0 Å². The Hall–Kier alpha value is -0.170. The summed E-state index contributed by atoms with van der Waals surface area (Å²) in [5.74, 6) is 0. The molecule has 0 aromatic heterocycles. The summed E-state index contributed by atoms with van der Waals surface area (Å²) in [5, 5.41) is -0.928. The minimum Gasteiger partial charge on any atom is -0.329 e. The van der Waals surface area contributed by atoms with Gasteiger partial charge in [0.15, 0.2) is 0 Å². The molecule has 11 heavy (non-hydrogen) atoms.